The Balaban J connectivity index is 2.30. The van der Waals surface area contributed by atoms with Gasteiger partial charge >= 0.3 is 0 Å². The number of nitrogens with zero attached hydrogens (tertiary/aromatic N) is 2. The van der Waals surface area contributed by atoms with E-state index in [4.69, 9.17) is 27.9 Å². The van der Waals surface area contributed by atoms with Crippen molar-refractivity contribution in [2.75, 3.05) is 23.7 Å². The quantitative estimate of drug-likeness (QED) is 0.285. The van der Waals surface area contributed by atoms with E-state index in [1.165, 1.54) is 9.21 Å². The number of ether oxygens (including phenoxy) is 1. The van der Waals surface area contributed by atoms with Crippen molar-refractivity contribution < 1.29 is 22.7 Å². The highest BCUT2D eigenvalue weighted by Crippen LogP contribution is 2.30. The smallest absolute Gasteiger partial charge is 0.243 e. The average Bonchev–Trinajstić information content (AvgIpc) is 2.87. The van der Waals surface area contributed by atoms with Crippen LogP contribution in [0.15, 0.2) is 42.5 Å². The summed E-state index contributed by atoms with van der Waals surface area (Å²) >= 11 is 12.5. The van der Waals surface area contributed by atoms with E-state index in [0.29, 0.717) is 40.1 Å². The summed E-state index contributed by atoms with van der Waals surface area (Å²) in [6, 6.07) is 11.1. The molecule has 216 valence electrons. The highest BCUT2D eigenvalue weighted by Gasteiger charge is 2.30. The molecule has 0 aliphatic rings. The third-order valence-electron chi connectivity index (χ3n) is 6.33. The fourth-order valence-electron chi connectivity index (χ4n) is 4.12. The zero-order chi connectivity index (χ0) is 29.2. The molecule has 0 fully saturated rings. The number of hydrogen-bond acceptors (Lipinski definition) is 5. The van der Waals surface area contributed by atoms with Gasteiger partial charge in [0.2, 0.25) is 21.8 Å². The molecule has 1 N–H and O–H groups in total. The van der Waals surface area contributed by atoms with Crippen LogP contribution in [0.3, 0.4) is 0 Å². The number of nitrogens with one attached hydrogen (secondary N) is 1. The van der Waals surface area contributed by atoms with E-state index >= 15 is 0 Å². The van der Waals surface area contributed by atoms with Gasteiger partial charge in [0.05, 0.1) is 18.6 Å². The molecule has 0 bridgehead atoms. The molecule has 11 heteroatoms. The standard InChI is InChI=1S/C28H39Cl2N3O5S/c1-6-20(4)31-28(35)24(7-2)32(19-21-15-16-22(29)18-23(21)30)27(34)14-11-17-33(39(5,36)37)25-12-9-10-13-26(25)38-8-3/h9-10,12-13,15-16,18,20,24H,6-8,11,14,17,19H2,1-5H3,(H,31,35)/t20-,24-/m0/s1. The fourth-order valence-corrected chi connectivity index (χ4v) is 5.55. The number of benzene rings is 2. The Morgan fingerprint density at radius 1 is 1.05 bits per heavy atom. The Bertz CT molecular complexity index is 1230. The van der Waals surface area contributed by atoms with Crippen LogP contribution in [0.1, 0.15) is 58.9 Å². The Labute approximate surface area is 242 Å². The first-order valence-electron chi connectivity index (χ1n) is 13.2. The Morgan fingerprint density at radius 3 is 2.33 bits per heavy atom. The second kappa shape index (κ2) is 15.3. The molecule has 0 aliphatic heterocycles. The first-order chi connectivity index (χ1) is 18.4. The van der Waals surface area contributed by atoms with Crippen LogP contribution in [0.25, 0.3) is 0 Å². The zero-order valence-corrected chi connectivity index (χ0v) is 25.6. The molecule has 39 heavy (non-hydrogen) atoms. The van der Waals surface area contributed by atoms with Crippen molar-refractivity contribution in [1.82, 2.24) is 10.2 Å². The molecule has 2 aromatic carbocycles. The third-order valence-corrected chi connectivity index (χ3v) is 8.10. The Kier molecular flexibility index (Phi) is 12.9. The normalized spacial score (nSPS) is 12.9. The summed E-state index contributed by atoms with van der Waals surface area (Å²) in [6.45, 7) is 8.12. The molecule has 0 saturated heterocycles. The van der Waals surface area contributed by atoms with E-state index in [-0.39, 0.29) is 43.8 Å². The topological polar surface area (TPSA) is 96.0 Å². The molecule has 0 aliphatic carbocycles. The first kappa shape index (κ1) is 32.7. The van der Waals surface area contributed by atoms with Gasteiger partial charge in [-0.1, -0.05) is 55.2 Å². The van der Waals surface area contributed by atoms with Crippen LogP contribution in [-0.2, 0) is 26.2 Å². The molecule has 2 rings (SSSR count). The number of carbonyl (C=O) groups excluding carboxylic acids is 2. The van der Waals surface area contributed by atoms with E-state index in [1.807, 2.05) is 27.7 Å². The Morgan fingerprint density at radius 2 is 1.74 bits per heavy atom. The molecule has 0 saturated carbocycles. The third kappa shape index (κ3) is 9.58. The monoisotopic (exact) mass is 599 g/mol. The van der Waals surface area contributed by atoms with Crippen molar-refractivity contribution >= 4 is 50.7 Å². The number of anilines is 1. The molecule has 8 nitrogen and oxygen atoms in total. The largest absolute Gasteiger partial charge is 0.492 e. The number of sulfonamides is 1. The van der Waals surface area contributed by atoms with Crippen molar-refractivity contribution in [1.29, 1.82) is 0 Å². The van der Waals surface area contributed by atoms with Crippen molar-refractivity contribution in [2.45, 2.75) is 72.0 Å². The van der Waals surface area contributed by atoms with E-state index in [9.17, 15) is 18.0 Å². The summed E-state index contributed by atoms with van der Waals surface area (Å²) in [4.78, 5) is 28.3. The average molecular weight is 601 g/mol. The van der Waals surface area contributed by atoms with Gasteiger partial charge in [-0.3, -0.25) is 13.9 Å². The first-order valence-corrected chi connectivity index (χ1v) is 15.8. The summed E-state index contributed by atoms with van der Waals surface area (Å²) in [5.41, 5.74) is 1.08. The van der Waals surface area contributed by atoms with Gasteiger partial charge in [-0.2, -0.15) is 0 Å². The number of carbonyl (C=O) groups is 2. The molecule has 2 aromatic rings. The highest BCUT2D eigenvalue weighted by molar-refractivity contribution is 7.92. The van der Waals surface area contributed by atoms with Gasteiger partial charge in [0.15, 0.2) is 0 Å². The van der Waals surface area contributed by atoms with Crippen molar-refractivity contribution in [3.63, 3.8) is 0 Å². The van der Waals surface area contributed by atoms with Gasteiger partial charge in [0, 0.05) is 35.6 Å². The van der Waals surface area contributed by atoms with Crippen molar-refractivity contribution in [3.8, 4) is 5.75 Å². The van der Waals surface area contributed by atoms with E-state index in [1.54, 1.807) is 42.5 Å². The second-order valence-corrected chi connectivity index (χ2v) is 12.1. The summed E-state index contributed by atoms with van der Waals surface area (Å²) in [7, 11) is -3.65. The maximum absolute atomic E-state index is 13.6. The SMILES string of the molecule is CCOc1ccccc1N(CCCC(=O)N(Cc1ccc(Cl)cc1Cl)[C@@H](CC)C(=O)N[C@@H](C)CC)S(C)(=O)=O. The van der Waals surface area contributed by atoms with Crippen LogP contribution < -0.4 is 14.4 Å². The lowest BCUT2D eigenvalue weighted by atomic mass is 10.1. The number of amides is 2. The maximum Gasteiger partial charge on any atom is 0.243 e. The predicted octanol–water partition coefficient (Wildman–Crippen LogP) is 5.66. The second-order valence-electron chi connectivity index (χ2n) is 9.34. The van der Waals surface area contributed by atoms with Gasteiger partial charge in [-0.25, -0.2) is 8.42 Å². The molecule has 0 heterocycles. The molecular formula is C28H39Cl2N3O5S. The molecule has 0 spiro atoms. The van der Waals surface area contributed by atoms with Gasteiger partial charge in [-0.05, 0) is 62.9 Å². The van der Waals surface area contributed by atoms with Crippen LogP contribution in [0.5, 0.6) is 5.75 Å². The van der Waals surface area contributed by atoms with Crippen LogP contribution in [0.4, 0.5) is 5.69 Å². The maximum atomic E-state index is 13.6. The van der Waals surface area contributed by atoms with E-state index in [0.717, 1.165) is 12.7 Å². The van der Waals surface area contributed by atoms with Crippen LogP contribution in [-0.4, -0.2) is 56.6 Å². The lowest BCUT2D eigenvalue weighted by molar-refractivity contribution is -0.141. The van der Waals surface area contributed by atoms with Crippen molar-refractivity contribution in [3.05, 3.63) is 58.1 Å². The summed E-state index contributed by atoms with van der Waals surface area (Å²) in [6.07, 6.45) is 2.54. The van der Waals surface area contributed by atoms with Gasteiger partial charge in [0.25, 0.3) is 0 Å². The summed E-state index contributed by atoms with van der Waals surface area (Å²) < 4.78 is 32.2. The number of para-hydroxylation sites is 2. The fraction of sp³-hybridized carbons (Fsp3) is 0.500. The highest BCUT2D eigenvalue weighted by atomic mass is 35.5. The lowest BCUT2D eigenvalue weighted by Crippen LogP contribution is -2.50. The summed E-state index contributed by atoms with van der Waals surface area (Å²) in [5.74, 6) is -0.0732. The number of hydrogen-bond donors (Lipinski definition) is 1. The number of halogens is 2. The van der Waals surface area contributed by atoms with E-state index < -0.39 is 16.1 Å². The predicted molar refractivity (Wildman–Crippen MR) is 158 cm³/mol. The minimum Gasteiger partial charge on any atom is -0.492 e. The zero-order valence-electron chi connectivity index (χ0n) is 23.2. The van der Waals surface area contributed by atoms with Gasteiger partial charge in [0.1, 0.15) is 11.8 Å². The van der Waals surface area contributed by atoms with E-state index in [2.05, 4.69) is 5.32 Å². The molecule has 0 unspecified atom stereocenters. The summed E-state index contributed by atoms with van der Waals surface area (Å²) in [5, 5.41) is 3.84. The number of rotatable bonds is 15. The lowest BCUT2D eigenvalue weighted by Gasteiger charge is -2.32. The molecule has 2 amide bonds. The Hall–Kier alpha value is -2.49. The molecular weight excluding hydrogens is 561 g/mol. The molecule has 0 aromatic heterocycles. The molecule has 0 radical (unpaired) electrons. The van der Waals surface area contributed by atoms with Crippen LogP contribution in [0.2, 0.25) is 10.0 Å². The molecule has 2 atom stereocenters. The van der Waals surface area contributed by atoms with Crippen LogP contribution in [0, 0.1) is 0 Å². The van der Waals surface area contributed by atoms with Crippen LogP contribution >= 0.6 is 23.2 Å². The van der Waals surface area contributed by atoms with Crippen molar-refractivity contribution in [2.24, 2.45) is 0 Å². The minimum atomic E-state index is -3.65. The van der Waals surface area contributed by atoms with Gasteiger partial charge < -0.3 is 15.0 Å². The van der Waals surface area contributed by atoms with Gasteiger partial charge in [-0.15, -0.1) is 0 Å². The minimum absolute atomic E-state index is 0.0289.